The Morgan fingerprint density at radius 3 is 2.68 bits per heavy atom. The summed E-state index contributed by atoms with van der Waals surface area (Å²) < 4.78 is 3.46. The molecule has 3 rings (SSSR count). The topological polar surface area (TPSA) is 94.9 Å². The van der Waals surface area contributed by atoms with E-state index in [0.29, 0.717) is 35.9 Å². The first kappa shape index (κ1) is 19.9. The van der Waals surface area contributed by atoms with Gasteiger partial charge in [0, 0.05) is 49.4 Å². The van der Waals surface area contributed by atoms with Gasteiger partial charge in [-0.15, -0.1) is 0 Å². The first-order chi connectivity index (χ1) is 13.5. The molecule has 28 heavy (non-hydrogen) atoms. The van der Waals surface area contributed by atoms with Crippen LogP contribution in [0.3, 0.4) is 0 Å². The van der Waals surface area contributed by atoms with Gasteiger partial charge in [0.2, 0.25) is 0 Å². The highest BCUT2D eigenvalue weighted by atomic mass is 32.2. The number of nitrogens with two attached hydrogens (primary N) is 1. The molecule has 0 fully saturated rings. The van der Waals surface area contributed by atoms with Crippen molar-refractivity contribution in [2.45, 2.75) is 13.5 Å². The Bertz CT molecular complexity index is 1000. The minimum absolute atomic E-state index is 0.0535. The number of pyridine rings is 1. The molecule has 0 unspecified atom stereocenters. The molecule has 0 saturated carbocycles. The van der Waals surface area contributed by atoms with Gasteiger partial charge in [0.1, 0.15) is 11.5 Å². The van der Waals surface area contributed by atoms with E-state index in [2.05, 4.69) is 10.3 Å². The Hall–Kier alpha value is -2.84. The van der Waals surface area contributed by atoms with E-state index < -0.39 is 0 Å². The fraction of sp³-hybridized carbons (Fsp3) is 0.250. The Morgan fingerprint density at radius 2 is 2.00 bits per heavy atom. The van der Waals surface area contributed by atoms with E-state index in [1.165, 1.54) is 16.5 Å². The number of carbonyl (C=O) groups excluding carboxylic acids is 1. The fourth-order valence-electron chi connectivity index (χ4n) is 2.97. The average Bonchev–Trinajstić information content (AvgIpc) is 3.10. The number of hydrogen-bond acceptors (Lipinski definition) is 5. The molecule has 0 aliphatic heterocycles. The van der Waals surface area contributed by atoms with Gasteiger partial charge in [-0.3, -0.25) is 14.7 Å². The second-order valence-electron chi connectivity index (χ2n) is 6.52. The number of aromatic nitrogens is 3. The van der Waals surface area contributed by atoms with Crippen LogP contribution >= 0.6 is 11.9 Å². The summed E-state index contributed by atoms with van der Waals surface area (Å²) in [6.45, 7) is 2.81. The number of amides is 1. The van der Waals surface area contributed by atoms with Crippen LogP contribution in [-0.4, -0.2) is 32.3 Å². The van der Waals surface area contributed by atoms with Crippen LogP contribution in [0.5, 0.6) is 0 Å². The van der Waals surface area contributed by atoms with Gasteiger partial charge in [0.25, 0.3) is 11.5 Å². The first-order valence-corrected chi connectivity index (χ1v) is 9.93. The maximum Gasteiger partial charge on any atom is 0.271 e. The molecule has 146 valence electrons. The zero-order chi connectivity index (χ0) is 20.1. The van der Waals surface area contributed by atoms with E-state index in [1.54, 1.807) is 32.4 Å². The zero-order valence-electron chi connectivity index (χ0n) is 15.9. The summed E-state index contributed by atoms with van der Waals surface area (Å²) in [6.07, 6.45) is 3.49. The lowest BCUT2D eigenvalue weighted by molar-refractivity contribution is 0.0951. The zero-order valence-corrected chi connectivity index (χ0v) is 16.7. The molecule has 0 spiro atoms. The van der Waals surface area contributed by atoms with Crippen LogP contribution in [0.15, 0.2) is 53.6 Å². The highest BCUT2D eigenvalue weighted by Gasteiger charge is 2.17. The molecular formula is C20H23N5O2S. The summed E-state index contributed by atoms with van der Waals surface area (Å²) in [6, 6.07) is 11.8. The van der Waals surface area contributed by atoms with Crippen molar-refractivity contribution in [3.8, 4) is 11.4 Å². The third-order valence-electron chi connectivity index (χ3n) is 4.33. The highest BCUT2D eigenvalue weighted by molar-refractivity contribution is 7.97. The Kier molecular flexibility index (Phi) is 6.33. The van der Waals surface area contributed by atoms with E-state index >= 15 is 0 Å². The number of benzene rings is 1. The van der Waals surface area contributed by atoms with Gasteiger partial charge in [-0.1, -0.05) is 42.3 Å². The molecule has 1 amide bonds. The van der Waals surface area contributed by atoms with Gasteiger partial charge in [-0.2, -0.15) is 0 Å². The molecule has 0 aliphatic rings. The molecule has 0 bridgehead atoms. The van der Waals surface area contributed by atoms with Crippen molar-refractivity contribution >= 4 is 17.9 Å². The first-order valence-electron chi connectivity index (χ1n) is 8.88. The lowest BCUT2D eigenvalue weighted by atomic mass is 10.2. The standard InChI is InChI=1S/C20H23N5O2S/c1-14-10-16(12-24(2)20(14)27)18-23-17(19(26)22-8-9-28-21)13-25(18)11-15-6-4-3-5-7-15/h3-7,10,12-13H,8-9,11,21H2,1-2H3,(H,22,26). The number of aryl methyl sites for hydroxylation is 2. The minimum Gasteiger partial charge on any atom is -0.350 e. The highest BCUT2D eigenvalue weighted by Crippen LogP contribution is 2.20. The van der Waals surface area contributed by atoms with Gasteiger partial charge >= 0.3 is 0 Å². The monoisotopic (exact) mass is 397 g/mol. The van der Waals surface area contributed by atoms with E-state index in [1.807, 2.05) is 34.9 Å². The van der Waals surface area contributed by atoms with Crippen molar-refractivity contribution in [1.29, 1.82) is 0 Å². The smallest absolute Gasteiger partial charge is 0.271 e. The average molecular weight is 398 g/mol. The SMILES string of the molecule is Cc1cc(-c2nc(C(=O)NCCSN)cn2Cc2ccccc2)cn(C)c1=O. The molecule has 2 aromatic heterocycles. The fourth-order valence-corrected chi connectivity index (χ4v) is 3.19. The number of nitrogens with one attached hydrogen (secondary N) is 1. The molecule has 7 nitrogen and oxygen atoms in total. The van der Waals surface area contributed by atoms with Crippen LogP contribution in [0.4, 0.5) is 0 Å². The Labute approximate surface area is 167 Å². The second kappa shape index (κ2) is 8.90. The van der Waals surface area contributed by atoms with E-state index in [4.69, 9.17) is 5.14 Å². The lowest BCUT2D eigenvalue weighted by Crippen LogP contribution is -2.26. The molecule has 3 N–H and O–H groups in total. The number of rotatable bonds is 7. The van der Waals surface area contributed by atoms with Crippen molar-refractivity contribution in [3.05, 3.63) is 76.0 Å². The van der Waals surface area contributed by atoms with Crippen LogP contribution in [0.2, 0.25) is 0 Å². The predicted molar refractivity (Wildman–Crippen MR) is 112 cm³/mol. The van der Waals surface area contributed by atoms with Crippen LogP contribution in [0.1, 0.15) is 21.6 Å². The predicted octanol–water partition coefficient (Wildman–Crippen LogP) is 1.94. The number of hydrogen-bond donors (Lipinski definition) is 2. The maximum atomic E-state index is 12.5. The quantitative estimate of drug-likeness (QED) is 0.469. The van der Waals surface area contributed by atoms with E-state index in [-0.39, 0.29) is 11.5 Å². The largest absolute Gasteiger partial charge is 0.350 e. The van der Waals surface area contributed by atoms with E-state index in [9.17, 15) is 9.59 Å². The summed E-state index contributed by atoms with van der Waals surface area (Å²) in [5, 5.41) is 8.22. The molecule has 8 heteroatoms. The van der Waals surface area contributed by atoms with Gasteiger partial charge in [0.15, 0.2) is 0 Å². The minimum atomic E-state index is -0.247. The van der Waals surface area contributed by atoms with Crippen molar-refractivity contribution in [2.24, 2.45) is 12.2 Å². The van der Waals surface area contributed by atoms with Crippen LogP contribution in [0.25, 0.3) is 11.4 Å². The van der Waals surface area contributed by atoms with Crippen molar-refractivity contribution < 1.29 is 4.79 Å². The summed E-state index contributed by atoms with van der Waals surface area (Å²) in [4.78, 5) is 29.1. The number of imidazole rings is 1. The molecule has 1 aromatic carbocycles. The summed E-state index contributed by atoms with van der Waals surface area (Å²) in [5.74, 6) is 1.02. The van der Waals surface area contributed by atoms with Crippen molar-refractivity contribution in [3.63, 3.8) is 0 Å². The number of carbonyl (C=O) groups is 1. The molecule has 0 radical (unpaired) electrons. The van der Waals surface area contributed by atoms with Crippen LogP contribution in [0, 0.1) is 6.92 Å². The molecule has 3 aromatic rings. The van der Waals surface area contributed by atoms with Crippen LogP contribution in [-0.2, 0) is 13.6 Å². The number of nitrogens with zero attached hydrogens (tertiary/aromatic N) is 3. The van der Waals surface area contributed by atoms with E-state index in [0.717, 1.165) is 11.1 Å². The third-order valence-corrected chi connectivity index (χ3v) is 4.77. The maximum absolute atomic E-state index is 12.5. The molecule has 0 aliphatic carbocycles. The second-order valence-corrected chi connectivity index (χ2v) is 7.26. The molecule has 0 atom stereocenters. The van der Waals surface area contributed by atoms with Gasteiger partial charge in [0.05, 0.1) is 0 Å². The molecular weight excluding hydrogens is 374 g/mol. The van der Waals surface area contributed by atoms with Gasteiger partial charge in [-0.25, -0.2) is 4.98 Å². The molecule has 2 heterocycles. The van der Waals surface area contributed by atoms with Gasteiger partial charge < -0.3 is 14.5 Å². The normalized spacial score (nSPS) is 10.8. The lowest BCUT2D eigenvalue weighted by Gasteiger charge is -2.10. The summed E-state index contributed by atoms with van der Waals surface area (Å²) in [7, 11) is 1.71. The Balaban J connectivity index is 2.01. The van der Waals surface area contributed by atoms with Crippen molar-refractivity contribution in [2.75, 3.05) is 12.3 Å². The Morgan fingerprint density at radius 1 is 1.25 bits per heavy atom. The third kappa shape index (κ3) is 4.52. The summed E-state index contributed by atoms with van der Waals surface area (Å²) >= 11 is 1.18. The summed E-state index contributed by atoms with van der Waals surface area (Å²) in [5.41, 5.74) is 2.78. The van der Waals surface area contributed by atoms with Crippen LogP contribution < -0.4 is 16.0 Å². The van der Waals surface area contributed by atoms with Gasteiger partial charge in [-0.05, 0) is 18.6 Å². The molecule has 0 saturated heterocycles. The van der Waals surface area contributed by atoms with Crippen molar-refractivity contribution in [1.82, 2.24) is 19.4 Å².